The van der Waals surface area contributed by atoms with E-state index >= 15 is 0 Å². The van der Waals surface area contributed by atoms with E-state index < -0.39 is 5.92 Å². The first-order valence-corrected chi connectivity index (χ1v) is 6.51. The Bertz CT molecular complexity index is 662. The first kappa shape index (κ1) is 14.1. The predicted octanol–water partition coefficient (Wildman–Crippen LogP) is 3.89. The number of anilines is 1. The first-order chi connectivity index (χ1) is 9.61. The van der Waals surface area contributed by atoms with Gasteiger partial charge >= 0.3 is 0 Å². The van der Waals surface area contributed by atoms with E-state index in [1.54, 1.807) is 36.4 Å². The molecule has 0 radical (unpaired) electrons. The fourth-order valence-electron chi connectivity index (χ4n) is 1.86. The molecule has 1 unspecified atom stereocenters. The Balaban J connectivity index is 2.23. The third kappa shape index (κ3) is 3.17. The number of nitrogens with zero attached hydrogens (tertiary/aromatic N) is 1. The molecule has 1 amide bonds. The lowest BCUT2D eigenvalue weighted by Crippen LogP contribution is -2.20. The molecule has 3 nitrogen and oxygen atoms in total. The molecular formula is C16H13ClN2O. The van der Waals surface area contributed by atoms with Crippen LogP contribution in [0, 0.1) is 18.3 Å². The average Bonchev–Trinajstić information content (AvgIpc) is 2.45. The summed E-state index contributed by atoms with van der Waals surface area (Å²) in [4.78, 5) is 12.2. The fourth-order valence-corrected chi connectivity index (χ4v) is 2.04. The number of rotatable bonds is 3. The van der Waals surface area contributed by atoms with Crippen LogP contribution in [0.5, 0.6) is 0 Å². The summed E-state index contributed by atoms with van der Waals surface area (Å²) in [7, 11) is 0. The minimum absolute atomic E-state index is 0.357. The smallest absolute Gasteiger partial charge is 0.246 e. The van der Waals surface area contributed by atoms with E-state index in [4.69, 9.17) is 11.6 Å². The molecule has 0 spiro atoms. The minimum Gasteiger partial charge on any atom is -0.324 e. The molecule has 0 aliphatic heterocycles. The number of carbonyl (C=O) groups excluding carboxylic acids is 1. The fraction of sp³-hybridized carbons (Fsp3) is 0.125. The van der Waals surface area contributed by atoms with E-state index in [1.165, 1.54) is 0 Å². The largest absolute Gasteiger partial charge is 0.324 e. The third-order valence-corrected chi connectivity index (χ3v) is 3.22. The van der Waals surface area contributed by atoms with E-state index in [1.807, 2.05) is 25.1 Å². The zero-order chi connectivity index (χ0) is 14.5. The van der Waals surface area contributed by atoms with Crippen molar-refractivity contribution < 1.29 is 4.79 Å². The summed E-state index contributed by atoms with van der Waals surface area (Å²) >= 11 is 5.91. The van der Waals surface area contributed by atoms with Gasteiger partial charge in [-0.2, -0.15) is 5.26 Å². The van der Waals surface area contributed by atoms with E-state index in [9.17, 15) is 10.1 Å². The molecule has 1 N–H and O–H groups in total. The molecule has 2 aromatic carbocycles. The number of hydrogen-bond acceptors (Lipinski definition) is 2. The molecule has 0 aliphatic carbocycles. The van der Waals surface area contributed by atoms with Gasteiger partial charge in [0.15, 0.2) is 5.92 Å². The standard InChI is InChI=1S/C16H13ClN2O/c1-11-7-8-13(17)9-15(11)19-16(20)14(10-18)12-5-3-2-4-6-12/h2-9,14H,1H3,(H,19,20). The molecule has 0 aromatic heterocycles. The van der Waals surface area contributed by atoms with Gasteiger partial charge in [-0.15, -0.1) is 0 Å². The Hall–Kier alpha value is -2.31. The van der Waals surface area contributed by atoms with E-state index in [-0.39, 0.29) is 5.91 Å². The van der Waals surface area contributed by atoms with Gasteiger partial charge in [0, 0.05) is 10.7 Å². The van der Waals surface area contributed by atoms with Gasteiger partial charge < -0.3 is 5.32 Å². The van der Waals surface area contributed by atoms with Gasteiger partial charge in [-0.1, -0.05) is 48.0 Å². The van der Waals surface area contributed by atoms with Gasteiger partial charge in [-0.25, -0.2) is 0 Å². The van der Waals surface area contributed by atoms with Crippen LogP contribution >= 0.6 is 11.6 Å². The van der Waals surface area contributed by atoms with Gasteiger partial charge in [0.05, 0.1) is 6.07 Å². The average molecular weight is 285 g/mol. The highest BCUT2D eigenvalue weighted by molar-refractivity contribution is 6.31. The topological polar surface area (TPSA) is 52.9 Å². The predicted molar refractivity (Wildman–Crippen MR) is 79.6 cm³/mol. The number of nitriles is 1. The molecule has 2 rings (SSSR count). The molecule has 0 heterocycles. The van der Waals surface area contributed by atoms with Crippen LogP contribution in [-0.2, 0) is 4.79 Å². The molecule has 100 valence electrons. The van der Waals surface area contributed by atoms with Crippen LogP contribution in [0.25, 0.3) is 0 Å². The summed E-state index contributed by atoms with van der Waals surface area (Å²) in [5.41, 5.74) is 2.19. The van der Waals surface area contributed by atoms with Crippen LogP contribution < -0.4 is 5.32 Å². The maximum atomic E-state index is 12.2. The van der Waals surface area contributed by atoms with Crippen molar-refractivity contribution in [2.24, 2.45) is 0 Å². The summed E-state index contributed by atoms with van der Waals surface area (Å²) in [6, 6.07) is 16.3. The second-order valence-electron chi connectivity index (χ2n) is 4.42. The summed E-state index contributed by atoms with van der Waals surface area (Å²) in [6.45, 7) is 1.87. The highest BCUT2D eigenvalue weighted by Gasteiger charge is 2.20. The summed E-state index contributed by atoms with van der Waals surface area (Å²) < 4.78 is 0. The van der Waals surface area contributed by atoms with Gasteiger partial charge in [0.2, 0.25) is 5.91 Å². The molecular weight excluding hydrogens is 272 g/mol. The number of halogens is 1. The molecule has 1 atom stereocenters. The summed E-state index contributed by atoms with van der Waals surface area (Å²) in [5, 5.41) is 12.5. The van der Waals surface area contributed by atoms with Crippen molar-refractivity contribution in [2.75, 3.05) is 5.32 Å². The van der Waals surface area contributed by atoms with Crippen molar-refractivity contribution in [3.05, 3.63) is 64.7 Å². The number of carbonyl (C=O) groups is 1. The molecule has 0 saturated heterocycles. The second-order valence-corrected chi connectivity index (χ2v) is 4.86. The van der Waals surface area contributed by atoms with Crippen LogP contribution in [0.15, 0.2) is 48.5 Å². The molecule has 0 aliphatic rings. The van der Waals surface area contributed by atoms with Crippen LogP contribution in [0.3, 0.4) is 0 Å². The number of aryl methyl sites for hydroxylation is 1. The van der Waals surface area contributed by atoms with Gasteiger partial charge in [0.1, 0.15) is 0 Å². The first-order valence-electron chi connectivity index (χ1n) is 6.13. The van der Waals surface area contributed by atoms with Crippen LogP contribution in [-0.4, -0.2) is 5.91 Å². The van der Waals surface area contributed by atoms with Gasteiger partial charge in [0.25, 0.3) is 0 Å². The Morgan fingerprint density at radius 1 is 1.25 bits per heavy atom. The monoisotopic (exact) mass is 284 g/mol. The maximum absolute atomic E-state index is 12.2. The number of amides is 1. The Morgan fingerprint density at radius 2 is 1.95 bits per heavy atom. The van der Waals surface area contributed by atoms with E-state index in [2.05, 4.69) is 5.32 Å². The zero-order valence-corrected chi connectivity index (χ0v) is 11.7. The Kier molecular flexibility index (Phi) is 4.39. The second kappa shape index (κ2) is 6.23. The molecule has 0 fully saturated rings. The minimum atomic E-state index is -0.838. The summed E-state index contributed by atoms with van der Waals surface area (Å²) in [5.74, 6) is -1.20. The highest BCUT2D eigenvalue weighted by Crippen LogP contribution is 2.23. The lowest BCUT2D eigenvalue weighted by Gasteiger charge is -2.12. The lowest BCUT2D eigenvalue weighted by atomic mass is 9.99. The molecule has 4 heteroatoms. The van der Waals surface area contributed by atoms with E-state index in [0.29, 0.717) is 16.3 Å². The number of nitrogens with one attached hydrogen (secondary N) is 1. The number of hydrogen-bond donors (Lipinski definition) is 1. The van der Waals surface area contributed by atoms with Crippen molar-refractivity contribution in [1.29, 1.82) is 5.26 Å². The molecule has 2 aromatic rings. The summed E-state index contributed by atoms with van der Waals surface area (Å²) in [6.07, 6.45) is 0. The SMILES string of the molecule is Cc1ccc(Cl)cc1NC(=O)C(C#N)c1ccccc1. The number of benzene rings is 2. The van der Waals surface area contributed by atoms with Gasteiger partial charge in [-0.05, 0) is 30.2 Å². The van der Waals surface area contributed by atoms with Crippen molar-refractivity contribution in [2.45, 2.75) is 12.8 Å². The Morgan fingerprint density at radius 3 is 2.60 bits per heavy atom. The lowest BCUT2D eigenvalue weighted by molar-refractivity contribution is -0.116. The van der Waals surface area contributed by atoms with Crippen LogP contribution in [0.2, 0.25) is 5.02 Å². The van der Waals surface area contributed by atoms with Gasteiger partial charge in [-0.3, -0.25) is 4.79 Å². The third-order valence-electron chi connectivity index (χ3n) is 2.98. The normalized spacial score (nSPS) is 11.4. The molecule has 0 bridgehead atoms. The van der Waals surface area contributed by atoms with Crippen LogP contribution in [0.1, 0.15) is 17.0 Å². The van der Waals surface area contributed by atoms with Crippen molar-refractivity contribution >= 4 is 23.2 Å². The molecule has 20 heavy (non-hydrogen) atoms. The maximum Gasteiger partial charge on any atom is 0.246 e. The highest BCUT2D eigenvalue weighted by atomic mass is 35.5. The molecule has 0 saturated carbocycles. The van der Waals surface area contributed by atoms with Crippen molar-refractivity contribution in [1.82, 2.24) is 0 Å². The van der Waals surface area contributed by atoms with Crippen molar-refractivity contribution in [3.8, 4) is 6.07 Å². The zero-order valence-electron chi connectivity index (χ0n) is 10.9. The van der Waals surface area contributed by atoms with Crippen LogP contribution in [0.4, 0.5) is 5.69 Å². The van der Waals surface area contributed by atoms with Crippen molar-refractivity contribution in [3.63, 3.8) is 0 Å². The Labute approximate surface area is 122 Å². The van der Waals surface area contributed by atoms with E-state index in [0.717, 1.165) is 5.56 Å². The quantitative estimate of drug-likeness (QED) is 0.929.